The number of hydrogen-bond donors (Lipinski definition) is 0. The maximum atomic E-state index is 14.7. The molecule has 0 radical (unpaired) electrons. The lowest BCUT2D eigenvalue weighted by Crippen LogP contribution is -2.30. The van der Waals surface area contributed by atoms with E-state index in [1.54, 1.807) is 13.8 Å². The zero-order valence-corrected chi connectivity index (χ0v) is 23.6. The molecule has 1 aromatic carbocycles. The lowest BCUT2D eigenvalue weighted by Gasteiger charge is -2.24. The summed E-state index contributed by atoms with van der Waals surface area (Å²) in [6, 6.07) is 5.64. The van der Waals surface area contributed by atoms with Crippen LogP contribution in [0.25, 0.3) is 28.4 Å². The zero-order chi connectivity index (χ0) is 32.0. The molecule has 0 N–H and O–H groups in total. The fourth-order valence-electron chi connectivity index (χ4n) is 4.87. The normalized spacial score (nSPS) is 13.9. The van der Waals surface area contributed by atoms with Crippen LogP contribution < -0.4 is 9.64 Å². The van der Waals surface area contributed by atoms with Gasteiger partial charge in [-0.1, -0.05) is 24.3 Å². The molecule has 0 aliphatic heterocycles. The third-order valence-corrected chi connectivity index (χ3v) is 7.12. The number of fused-ring (bicyclic) bond motifs is 1. The van der Waals surface area contributed by atoms with Gasteiger partial charge in [0.25, 0.3) is 0 Å². The van der Waals surface area contributed by atoms with Crippen molar-refractivity contribution in [3.8, 4) is 28.7 Å². The molecule has 1 aliphatic rings. The number of nitrogens with zero attached hydrogens (tertiary/aromatic N) is 9. The predicted octanol–water partition coefficient (Wildman–Crippen LogP) is 6.75. The molecule has 4 heterocycles. The van der Waals surface area contributed by atoms with Gasteiger partial charge in [-0.2, -0.15) is 30.7 Å². The first kappa shape index (κ1) is 30.2. The van der Waals surface area contributed by atoms with E-state index >= 15 is 0 Å². The van der Waals surface area contributed by atoms with Crippen LogP contribution in [-0.4, -0.2) is 52.3 Å². The second-order valence-electron chi connectivity index (χ2n) is 10.6. The Bertz CT molecular complexity index is 1820. The Morgan fingerprint density at radius 3 is 2.36 bits per heavy atom. The molecule has 0 saturated heterocycles. The molecule has 5 aromatic rings. The molecule has 0 atom stereocenters. The standard InChI is InChI=1S/C28H24F7N9O/c1-14(2)42-12-18(28(33,34)35)39-22(42)17-5-3-15(4-6-17)11-43(26(29)30)24-23-36-9-10-44(23)41-21(40-24)19-20(16-7-8-16)37-13-38-25(19)45-27(31)32/h3-6,9-10,12-14,16,26-27H,7-8,11H2,1-2H3. The van der Waals surface area contributed by atoms with Crippen molar-refractivity contribution in [3.63, 3.8) is 0 Å². The number of benzene rings is 1. The molecule has 45 heavy (non-hydrogen) atoms. The minimum atomic E-state index is -4.64. The fourth-order valence-corrected chi connectivity index (χ4v) is 4.87. The minimum Gasteiger partial charge on any atom is -0.416 e. The van der Waals surface area contributed by atoms with Gasteiger partial charge in [0, 0.05) is 42.7 Å². The highest BCUT2D eigenvalue weighted by Gasteiger charge is 2.36. The van der Waals surface area contributed by atoms with Gasteiger partial charge in [-0.3, -0.25) is 4.90 Å². The number of imidazole rings is 2. The molecule has 17 heteroatoms. The first-order valence-electron chi connectivity index (χ1n) is 13.7. The highest BCUT2D eigenvalue weighted by Crippen LogP contribution is 2.45. The highest BCUT2D eigenvalue weighted by atomic mass is 19.4. The van der Waals surface area contributed by atoms with E-state index in [1.807, 2.05) is 0 Å². The van der Waals surface area contributed by atoms with Gasteiger partial charge in [-0.05, 0) is 32.3 Å². The third-order valence-electron chi connectivity index (χ3n) is 7.12. The van der Waals surface area contributed by atoms with Crippen LogP contribution in [0.5, 0.6) is 5.88 Å². The van der Waals surface area contributed by atoms with E-state index < -0.39 is 37.5 Å². The lowest BCUT2D eigenvalue weighted by molar-refractivity contribution is -0.140. The molecule has 6 rings (SSSR count). The molecule has 0 amide bonds. The summed E-state index contributed by atoms with van der Waals surface area (Å²) in [6.45, 7) is -3.30. The van der Waals surface area contributed by atoms with Crippen LogP contribution in [-0.2, 0) is 12.7 Å². The summed E-state index contributed by atoms with van der Waals surface area (Å²) in [4.78, 5) is 20.9. The number of hydrogen-bond acceptors (Lipinski definition) is 8. The first-order valence-corrected chi connectivity index (χ1v) is 13.7. The maximum absolute atomic E-state index is 14.7. The van der Waals surface area contributed by atoms with Gasteiger partial charge >= 0.3 is 19.3 Å². The summed E-state index contributed by atoms with van der Waals surface area (Å²) >= 11 is 0. The van der Waals surface area contributed by atoms with Crippen molar-refractivity contribution >= 4 is 11.5 Å². The average Bonchev–Trinajstić information content (AvgIpc) is 3.52. The lowest BCUT2D eigenvalue weighted by atomic mass is 10.1. The Labute approximate surface area is 250 Å². The topological polar surface area (TPSA) is 99.2 Å². The monoisotopic (exact) mass is 635 g/mol. The van der Waals surface area contributed by atoms with E-state index in [9.17, 15) is 30.7 Å². The molecule has 1 aliphatic carbocycles. The Kier molecular flexibility index (Phi) is 7.78. The van der Waals surface area contributed by atoms with Crippen molar-refractivity contribution < 1.29 is 35.5 Å². The predicted molar refractivity (Wildman–Crippen MR) is 146 cm³/mol. The van der Waals surface area contributed by atoms with E-state index in [4.69, 9.17) is 0 Å². The van der Waals surface area contributed by atoms with Crippen LogP contribution in [0.4, 0.5) is 36.6 Å². The van der Waals surface area contributed by atoms with E-state index in [2.05, 4.69) is 34.8 Å². The van der Waals surface area contributed by atoms with E-state index in [1.165, 1.54) is 45.7 Å². The average molecular weight is 636 g/mol. The van der Waals surface area contributed by atoms with E-state index in [0.717, 1.165) is 25.4 Å². The number of rotatable bonds is 10. The van der Waals surface area contributed by atoms with Crippen molar-refractivity contribution in [1.29, 1.82) is 0 Å². The smallest absolute Gasteiger partial charge is 0.416 e. The molecule has 0 spiro atoms. The highest BCUT2D eigenvalue weighted by molar-refractivity contribution is 5.71. The van der Waals surface area contributed by atoms with Gasteiger partial charge in [0.1, 0.15) is 17.7 Å². The summed E-state index contributed by atoms with van der Waals surface area (Å²) < 4.78 is 103. The van der Waals surface area contributed by atoms with Crippen LogP contribution in [0.2, 0.25) is 0 Å². The molecule has 1 saturated carbocycles. The van der Waals surface area contributed by atoms with Gasteiger partial charge in [-0.25, -0.2) is 29.4 Å². The first-order chi connectivity index (χ1) is 21.4. The number of anilines is 1. The van der Waals surface area contributed by atoms with Crippen molar-refractivity contribution in [2.75, 3.05) is 4.90 Å². The Morgan fingerprint density at radius 1 is 1.00 bits per heavy atom. The van der Waals surface area contributed by atoms with Crippen LogP contribution in [0.15, 0.2) is 49.2 Å². The van der Waals surface area contributed by atoms with Crippen LogP contribution in [0.1, 0.15) is 55.6 Å². The Hall–Kier alpha value is -4.83. The summed E-state index contributed by atoms with van der Waals surface area (Å²) in [5.74, 6) is -1.01. The molecule has 4 aromatic heterocycles. The zero-order valence-electron chi connectivity index (χ0n) is 23.6. The molecule has 10 nitrogen and oxygen atoms in total. The van der Waals surface area contributed by atoms with Crippen molar-refractivity contribution in [2.45, 2.75) is 64.5 Å². The van der Waals surface area contributed by atoms with Crippen LogP contribution >= 0.6 is 0 Å². The molecule has 0 unspecified atom stereocenters. The van der Waals surface area contributed by atoms with Gasteiger partial charge in [-0.15, -0.1) is 5.10 Å². The number of alkyl halides is 7. The van der Waals surface area contributed by atoms with Crippen molar-refractivity contribution in [3.05, 3.63) is 66.1 Å². The molecule has 0 bridgehead atoms. The second-order valence-corrected chi connectivity index (χ2v) is 10.6. The summed E-state index contributed by atoms with van der Waals surface area (Å²) in [5, 5.41) is 4.32. The third kappa shape index (κ3) is 6.10. The summed E-state index contributed by atoms with van der Waals surface area (Å²) in [7, 11) is 0. The SMILES string of the molecule is CC(C)n1cc(C(F)(F)F)nc1-c1ccc(CN(c2nc(-c3c(OC(F)F)ncnc3C3CC3)nn3ccnc23)C(F)F)cc1. The Balaban J connectivity index is 1.38. The van der Waals surface area contributed by atoms with Crippen molar-refractivity contribution in [1.82, 2.24) is 39.1 Å². The largest absolute Gasteiger partial charge is 0.434 e. The van der Waals surface area contributed by atoms with Gasteiger partial charge in [0.15, 0.2) is 23.0 Å². The Morgan fingerprint density at radius 2 is 1.73 bits per heavy atom. The van der Waals surface area contributed by atoms with E-state index in [0.29, 0.717) is 21.7 Å². The summed E-state index contributed by atoms with van der Waals surface area (Å²) in [5.41, 5.74) is -0.0252. The minimum absolute atomic E-state index is 0.0320. The molecule has 1 fully saturated rings. The quantitative estimate of drug-likeness (QED) is 0.123. The maximum Gasteiger partial charge on any atom is 0.434 e. The molecule has 236 valence electrons. The van der Waals surface area contributed by atoms with Gasteiger partial charge in [0.2, 0.25) is 5.88 Å². The van der Waals surface area contributed by atoms with Gasteiger partial charge < -0.3 is 9.30 Å². The van der Waals surface area contributed by atoms with Crippen LogP contribution in [0, 0.1) is 0 Å². The number of ether oxygens (including phenoxy) is 1. The molecular weight excluding hydrogens is 611 g/mol. The van der Waals surface area contributed by atoms with Gasteiger partial charge in [0.05, 0.1) is 5.69 Å². The van der Waals surface area contributed by atoms with E-state index in [-0.39, 0.29) is 40.6 Å². The second kappa shape index (κ2) is 11.6. The van der Waals surface area contributed by atoms with Crippen LogP contribution in [0.3, 0.4) is 0 Å². The fraction of sp³-hybridized carbons (Fsp3) is 0.357. The van der Waals surface area contributed by atoms with Crippen molar-refractivity contribution in [2.24, 2.45) is 0 Å². The number of aromatic nitrogens is 8. The molecular formula is C28H24F7N9O. The summed E-state index contributed by atoms with van der Waals surface area (Å²) in [6.07, 6.45) is 1.54. The number of halogens is 7.